The quantitative estimate of drug-likeness (QED) is 0.375. The minimum absolute atomic E-state index is 0.220. The molecule has 0 N–H and O–H groups in total. The van der Waals surface area contributed by atoms with Gasteiger partial charge < -0.3 is 9.47 Å². The first-order chi connectivity index (χ1) is 9.77. The number of hydrogen-bond acceptors (Lipinski definition) is 5. The molecule has 0 aliphatic carbocycles. The van der Waals surface area contributed by atoms with E-state index in [4.69, 9.17) is 14.4 Å². The van der Waals surface area contributed by atoms with Gasteiger partial charge in [-0.1, -0.05) is 13.3 Å². The summed E-state index contributed by atoms with van der Waals surface area (Å²) in [6.07, 6.45) is 2.10. The minimum Gasteiger partial charge on any atom is -0.494 e. The van der Waals surface area contributed by atoms with Crippen LogP contribution in [0.1, 0.15) is 37.0 Å². The van der Waals surface area contributed by atoms with Gasteiger partial charge in [0, 0.05) is 6.61 Å². The molecule has 0 saturated carbocycles. The fraction of sp³-hybridized carbons (Fsp3) is 0.533. The van der Waals surface area contributed by atoms with Gasteiger partial charge in [-0.25, -0.2) is 4.79 Å². The van der Waals surface area contributed by atoms with E-state index in [-0.39, 0.29) is 6.61 Å². The normalized spacial score (nSPS) is 10.3. The molecule has 0 aliphatic heterocycles. The molecule has 1 aromatic carbocycles. The van der Waals surface area contributed by atoms with Crippen molar-refractivity contribution in [3.63, 3.8) is 0 Å². The highest BCUT2D eigenvalue weighted by atomic mass is 17.2. The van der Waals surface area contributed by atoms with Crippen molar-refractivity contribution in [3.05, 3.63) is 29.8 Å². The molecule has 0 amide bonds. The summed E-state index contributed by atoms with van der Waals surface area (Å²) in [5, 5.41) is 0. The van der Waals surface area contributed by atoms with Crippen LogP contribution in [0.25, 0.3) is 0 Å². The van der Waals surface area contributed by atoms with Crippen LogP contribution >= 0.6 is 0 Å². The van der Waals surface area contributed by atoms with Crippen LogP contribution in [-0.2, 0) is 14.5 Å². The first-order valence-electron chi connectivity index (χ1n) is 6.92. The zero-order valence-corrected chi connectivity index (χ0v) is 12.1. The SMILES string of the molecule is CCCCOc1ccc(C(=O)OOCCOCC)cc1. The lowest BCUT2D eigenvalue weighted by molar-refractivity contribution is -0.247. The highest BCUT2D eigenvalue weighted by Gasteiger charge is 2.08. The predicted molar refractivity (Wildman–Crippen MR) is 74.7 cm³/mol. The standard InChI is InChI=1S/C15H22O5/c1-3-5-10-18-14-8-6-13(7-9-14)15(16)20-19-12-11-17-4-2/h6-9H,3-5,10-12H2,1-2H3. The molecule has 5 nitrogen and oxygen atoms in total. The van der Waals surface area contributed by atoms with E-state index >= 15 is 0 Å². The lowest BCUT2D eigenvalue weighted by atomic mass is 10.2. The van der Waals surface area contributed by atoms with E-state index < -0.39 is 5.97 Å². The molecule has 0 bridgehead atoms. The second kappa shape index (κ2) is 10.2. The van der Waals surface area contributed by atoms with Crippen LogP contribution in [0.5, 0.6) is 5.75 Å². The molecule has 0 atom stereocenters. The maximum Gasteiger partial charge on any atom is 0.373 e. The van der Waals surface area contributed by atoms with Gasteiger partial charge in [0.2, 0.25) is 0 Å². The Morgan fingerprint density at radius 3 is 2.45 bits per heavy atom. The van der Waals surface area contributed by atoms with Gasteiger partial charge in [-0.3, -0.25) is 4.89 Å². The summed E-state index contributed by atoms with van der Waals surface area (Å²) in [6, 6.07) is 6.78. The van der Waals surface area contributed by atoms with Gasteiger partial charge in [0.05, 0.1) is 18.8 Å². The molecule has 20 heavy (non-hydrogen) atoms. The summed E-state index contributed by atoms with van der Waals surface area (Å²) in [5.74, 6) is 0.217. The number of hydrogen-bond donors (Lipinski definition) is 0. The molecule has 0 saturated heterocycles. The Hall–Kier alpha value is -1.59. The fourth-order valence-corrected chi connectivity index (χ4v) is 1.40. The van der Waals surface area contributed by atoms with E-state index in [1.807, 2.05) is 6.92 Å². The third-order valence-electron chi connectivity index (χ3n) is 2.51. The van der Waals surface area contributed by atoms with Crippen molar-refractivity contribution in [3.8, 4) is 5.75 Å². The number of ether oxygens (including phenoxy) is 2. The van der Waals surface area contributed by atoms with Crippen LogP contribution in [0, 0.1) is 0 Å². The van der Waals surface area contributed by atoms with Crippen LogP contribution in [0.2, 0.25) is 0 Å². The Bertz CT molecular complexity index is 374. The zero-order chi connectivity index (χ0) is 14.6. The van der Waals surface area contributed by atoms with Gasteiger partial charge in [-0.2, -0.15) is 4.89 Å². The van der Waals surface area contributed by atoms with E-state index in [0.29, 0.717) is 25.4 Å². The summed E-state index contributed by atoms with van der Waals surface area (Å²) in [6.45, 7) is 5.90. The van der Waals surface area contributed by atoms with Crippen molar-refractivity contribution in [1.82, 2.24) is 0 Å². The minimum atomic E-state index is -0.526. The van der Waals surface area contributed by atoms with Gasteiger partial charge in [0.15, 0.2) is 0 Å². The van der Waals surface area contributed by atoms with Crippen molar-refractivity contribution in [2.24, 2.45) is 0 Å². The zero-order valence-electron chi connectivity index (χ0n) is 12.1. The van der Waals surface area contributed by atoms with Gasteiger partial charge in [-0.05, 0) is 37.6 Å². The number of carbonyl (C=O) groups is 1. The largest absolute Gasteiger partial charge is 0.494 e. The van der Waals surface area contributed by atoms with Crippen LogP contribution in [-0.4, -0.2) is 32.4 Å². The van der Waals surface area contributed by atoms with Crippen molar-refractivity contribution >= 4 is 5.97 Å². The molecular formula is C15H22O5. The maximum atomic E-state index is 11.6. The Kier molecular flexibility index (Phi) is 8.42. The topological polar surface area (TPSA) is 54.0 Å². The highest BCUT2D eigenvalue weighted by Crippen LogP contribution is 2.13. The first kappa shape index (κ1) is 16.5. The van der Waals surface area contributed by atoms with E-state index in [1.165, 1.54) is 0 Å². The third-order valence-corrected chi connectivity index (χ3v) is 2.51. The second-order valence-electron chi connectivity index (χ2n) is 4.12. The summed E-state index contributed by atoms with van der Waals surface area (Å²) < 4.78 is 10.6. The van der Waals surface area contributed by atoms with Crippen molar-refractivity contribution in [2.75, 3.05) is 26.4 Å². The summed E-state index contributed by atoms with van der Waals surface area (Å²) >= 11 is 0. The molecule has 1 rings (SSSR count). The summed E-state index contributed by atoms with van der Waals surface area (Å²) in [7, 11) is 0. The van der Waals surface area contributed by atoms with Crippen molar-refractivity contribution in [2.45, 2.75) is 26.7 Å². The maximum absolute atomic E-state index is 11.6. The molecule has 5 heteroatoms. The average molecular weight is 282 g/mol. The highest BCUT2D eigenvalue weighted by molar-refractivity contribution is 5.89. The molecule has 0 aromatic heterocycles. The van der Waals surface area contributed by atoms with Crippen LogP contribution in [0.4, 0.5) is 0 Å². The molecular weight excluding hydrogens is 260 g/mol. The summed E-state index contributed by atoms with van der Waals surface area (Å²) in [5.41, 5.74) is 0.421. The molecule has 0 radical (unpaired) electrons. The molecule has 0 heterocycles. The van der Waals surface area contributed by atoms with Gasteiger partial charge in [0.25, 0.3) is 0 Å². The Balaban J connectivity index is 2.30. The molecule has 1 aromatic rings. The number of rotatable bonds is 10. The Morgan fingerprint density at radius 1 is 1.05 bits per heavy atom. The van der Waals surface area contributed by atoms with Crippen LogP contribution in [0.3, 0.4) is 0 Å². The Labute approximate surface area is 119 Å². The van der Waals surface area contributed by atoms with E-state index in [1.54, 1.807) is 24.3 Å². The van der Waals surface area contributed by atoms with Gasteiger partial charge >= 0.3 is 5.97 Å². The van der Waals surface area contributed by atoms with Gasteiger partial charge in [0.1, 0.15) is 12.4 Å². The third kappa shape index (κ3) is 6.54. The number of carbonyl (C=O) groups excluding carboxylic acids is 1. The Morgan fingerprint density at radius 2 is 1.80 bits per heavy atom. The predicted octanol–water partition coefficient (Wildman–Crippen LogP) is 2.99. The van der Waals surface area contributed by atoms with Crippen LogP contribution < -0.4 is 4.74 Å². The van der Waals surface area contributed by atoms with Crippen molar-refractivity contribution < 1.29 is 24.0 Å². The van der Waals surface area contributed by atoms with E-state index in [9.17, 15) is 4.79 Å². The van der Waals surface area contributed by atoms with Crippen molar-refractivity contribution in [1.29, 1.82) is 0 Å². The second-order valence-corrected chi connectivity index (χ2v) is 4.12. The smallest absolute Gasteiger partial charge is 0.373 e. The van der Waals surface area contributed by atoms with Crippen LogP contribution in [0.15, 0.2) is 24.3 Å². The number of benzene rings is 1. The summed E-state index contributed by atoms with van der Waals surface area (Å²) in [4.78, 5) is 21.0. The molecule has 0 unspecified atom stereocenters. The lowest BCUT2D eigenvalue weighted by Crippen LogP contribution is -2.10. The molecule has 0 spiro atoms. The van der Waals surface area contributed by atoms with Gasteiger partial charge in [-0.15, -0.1) is 0 Å². The first-order valence-corrected chi connectivity index (χ1v) is 6.92. The molecule has 112 valence electrons. The lowest BCUT2D eigenvalue weighted by Gasteiger charge is -2.06. The van der Waals surface area contributed by atoms with E-state index in [0.717, 1.165) is 18.6 Å². The average Bonchev–Trinajstić information content (AvgIpc) is 2.48. The monoisotopic (exact) mass is 282 g/mol. The molecule has 0 fully saturated rings. The van der Waals surface area contributed by atoms with E-state index in [2.05, 4.69) is 11.8 Å². The fourth-order valence-electron chi connectivity index (χ4n) is 1.40. The molecule has 0 aliphatic rings. The number of unbranched alkanes of at least 4 members (excludes halogenated alkanes) is 1.